The van der Waals surface area contributed by atoms with E-state index < -0.39 is 11.8 Å². The summed E-state index contributed by atoms with van der Waals surface area (Å²) in [7, 11) is 0. The van der Waals surface area contributed by atoms with Crippen molar-refractivity contribution < 1.29 is 14.4 Å². The van der Waals surface area contributed by atoms with Gasteiger partial charge in [0.25, 0.3) is 17.7 Å². The van der Waals surface area contributed by atoms with Gasteiger partial charge in [-0.15, -0.1) is 0 Å². The number of rotatable bonds is 4. The minimum absolute atomic E-state index is 0.0337. The van der Waals surface area contributed by atoms with Crippen molar-refractivity contribution in [2.45, 2.75) is 26.2 Å². The van der Waals surface area contributed by atoms with E-state index in [1.165, 1.54) is 0 Å². The van der Waals surface area contributed by atoms with Crippen molar-refractivity contribution in [1.29, 1.82) is 0 Å². The third-order valence-electron chi connectivity index (χ3n) is 5.53. The van der Waals surface area contributed by atoms with Gasteiger partial charge in [0.05, 0.1) is 5.69 Å². The van der Waals surface area contributed by atoms with E-state index in [4.69, 9.17) is 23.2 Å². The van der Waals surface area contributed by atoms with E-state index in [2.05, 4.69) is 5.32 Å². The number of likely N-dealkylation sites (tertiary alicyclic amines) is 1. The molecule has 160 valence electrons. The zero-order valence-corrected chi connectivity index (χ0v) is 18.5. The highest BCUT2D eigenvalue weighted by molar-refractivity contribution is 6.53. The molecule has 0 atom stereocenters. The Morgan fingerprint density at radius 3 is 2.42 bits per heavy atom. The van der Waals surface area contributed by atoms with Gasteiger partial charge in [0.2, 0.25) is 0 Å². The summed E-state index contributed by atoms with van der Waals surface area (Å²) in [5.41, 5.74) is 1.97. The molecule has 1 saturated heterocycles. The van der Waals surface area contributed by atoms with Crippen molar-refractivity contribution in [2.75, 3.05) is 23.3 Å². The van der Waals surface area contributed by atoms with Crippen LogP contribution in [-0.4, -0.2) is 35.7 Å². The lowest BCUT2D eigenvalue weighted by atomic mass is 10.1. The Morgan fingerprint density at radius 1 is 0.968 bits per heavy atom. The van der Waals surface area contributed by atoms with Crippen molar-refractivity contribution >= 4 is 52.3 Å². The summed E-state index contributed by atoms with van der Waals surface area (Å²) in [4.78, 5) is 41.4. The van der Waals surface area contributed by atoms with Crippen LogP contribution in [0.5, 0.6) is 0 Å². The minimum atomic E-state index is -0.625. The lowest BCUT2D eigenvalue weighted by Crippen LogP contribution is -2.35. The fourth-order valence-electron chi connectivity index (χ4n) is 3.82. The maximum absolute atomic E-state index is 13.0. The highest BCUT2D eigenvalue weighted by Crippen LogP contribution is 2.34. The Labute approximate surface area is 190 Å². The summed E-state index contributed by atoms with van der Waals surface area (Å²) in [6.45, 7) is 3.22. The van der Waals surface area contributed by atoms with Gasteiger partial charge in [-0.3, -0.25) is 14.4 Å². The number of hydrogen-bond donors (Lipinski definition) is 1. The second-order valence-corrected chi connectivity index (χ2v) is 8.36. The molecule has 8 heteroatoms. The molecule has 0 spiro atoms. The van der Waals surface area contributed by atoms with Gasteiger partial charge in [-0.25, -0.2) is 4.90 Å². The quantitative estimate of drug-likeness (QED) is 0.674. The van der Waals surface area contributed by atoms with Crippen molar-refractivity contribution in [1.82, 2.24) is 4.90 Å². The Balaban J connectivity index is 1.58. The Hall–Kier alpha value is -2.83. The average Bonchev–Trinajstić information content (AvgIpc) is 2.99. The molecule has 0 saturated carbocycles. The number of amides is 3. The van der Waals surface area contributed by atoms with Crippen molar-refractivity contribution in [3.63, 3.8) is 0 Å². The third kappa shape index (κ3) is 4.05. The van der Waals surface area contributed by atoms with Gasteiger partial charge in [-0.1, -0.05) is 35.3 Å². The maximum atomic E-state index is 13.0. The fourth-order valence-corrected chi connectivity index (χ4v) is 4.20. The average molecular weight is 458 g/mol. The summed E-state index contributed by atoms with van der Waals surface area (Å²) >= 11 is 12.4. The number of carbonyl (C=O) groups excluding carboxylic acids is 3. The molecule has 1 fully saturated rings. The number of carbonyl (C=O) groups is 3. The molecule has 0 aromatic heterocycles. The van der Waals surface area contributed by atoms with Crippen molar-refractivity contribution in [3.05, 3.63) is 69.3 Å². The van der Waals surface area contributed by atoms with Crippen LogP contribution in [0.1, 0.15) is 35.2 Å². The number of anilines is 2. The molecular formula is C23H21Cl2N3O3. The fraction of sp³-hybridized carbons (Fsp3) is 0.261. The van der Waals surface area contributed by atoms with Gasteiger partial charge in [0, 0.05) is 29.4 Å². The molecule has 2 aromatic rings. The molecule has 0 bridgehead atoms. The number of piperidine rings is 1. The monoisotopic (exact) mass is 457 g/mol. The van der Waals surface area contributed by atoms with Crippen LogP contribution in [0.15, 0.2) is 53.2 Å². The lowest BCUT2D eigenvalue weighted by Gasteiger charge is -2.26. The third-order valence-corrected chi connectivity index (χ3v) is 6.29. The predicted octanol–water partition coefficient (Wildman–Crippen LogP) is 4.71. The summed E-state index contributed by atoms with van der Waals surface area (Å²) in [6, 6.07) is 11.8. The second kappa shape index (κ2) is 8.73. The van der Waals surface area contributed by atoms with Crippen LogP contribution in [0.4, 0.5) is 11.4 Å². The molecule has 6 nitrogen and oxygen atoms in total. The molecule has 0 aliphatic carbocycles. The van der Waals surface area contributed by atoms with Crippen LogP contribution in [0.3, 0.4) is 0 Å². The van der Waals surface area contributed by atoms with Crippen LogP contribution in [0.25, 0.3) is 0 Å². The SMILES string of the molecule is Cc1c(Cl)cccc1N1C(=O)C(Cl)=C(Nc2cccc(C(=O)N3CCCCC3)c2)C1=O. The number of imide groups is 1. The first-order chi connectivity index (χ1) is 14.9. The molecular weight excluding hydrogens is 437 g/mol. The normalized spacial score (nSPS) is 16.9. The van der Waals surface area contributed by atoms with E-state index in [1.54, 1.807) is 49.4 Å². The summed E-state index contributed by atoms with van der Waals surface area (Å²) < 4.78 is 0. The molecule has 1 N–H and O–H groups in total. The van der Waals surface area contributed by atoms with Crippen LogP contribution in [0.2, 0.25) is 5.02 Å². The molecule has 0 unspecified atom stereocenters. The van der Waals surface area contributed by atoms with E-state index in [9.17, 15) is 14.4 Å². The van der Waals surface area contributed by atoms with Crippen molar-refractivity contribution in [2.24, 2.45) is 0 Å². The molecule has 3 amide bonds. The number of benzene rings is 2. The van der Waals surface area contributed by atoms with E-state index in [-0.39, 0.29) is 16.6 Å². The van der Waals surface area contributed by atoms with Crippen LogP contribution >= 0.6 is 23.2 Å². The second-order valence-electron chi connectivity index (χ2n) is 7.58. The smallest absolute Gasteiger partial charge is 0.283 e. The van der Waals surface area contributed by atoms with E-state index in [0.29, 0.717) is 27.5 Å². The summed E-state index contributed by atoms with van der Waals surface area (Å²) in [6.07, 6.45) is 3.14. The highest BCUT2D eigenvalue weighted by Gasteiger charge is 2.39. The van der Waals surface area contributed by atoms with E-state index >= 15 is 0 Å². The minimum Gasteiger partial charge on any atom is -0.350 e. The van der Waals surface area contributed by atoms with Gasteiger partial charge < -0.3 is 10.2 Å². The number of nitrogens with one attached hydrogen (secondary N) is 1. The summed E-state index contributed by atoms with van der Waals surface area (Å²) in [5.74, 6) is -1.25. The number of halogens is 2. The van der Waals surface area contributed by atoms with Crippen molar-refractivity contribution in [3.8, 4) is 0 Å². The van der Waals surface area contributed by atoms with Gasteiger partial charge in [0.15, 0.2) is 0 Å². The molecule has 2 aliphatic rings. The van der Waals surface area contributed by atoms with Gasteiger partial charge in [-0.05, 0) is 62.1 Å². The lowest BCUT2D eigenvalue weighted by molar-refractivity contribution is -0.120. The molecule has 2 aromatic carbocycles. The zero-order valence-electron chi connectivity index (χ0n) is 17.0. The van der Waals surface area contributed by atoms with Crippen LogP contribution in [-0.2, 0) is 9.59 Å². The molecule has 2 heterocycles. The summed E-state index contributed by atoms with van der Waals surface area (Å²) in [5, 5.41) is 3.17. The zero-order chi connectivity index (χ0) is 22.1. The topological polar surface area (TPSA) is 69.7 Å². The maximum Gasteiger partial charge on any atom is 0.283 e. The first-order valence-electron chi connectivity index (χ1n) is 10.1. The van der Waals surface area contributed by atoms with Gasteiger partial charge in [0.1, 0.15) is 10.7 Å². The molecule has 31 heavy (non-hydrogen) atoms. The Morgan fingerprint density at radius 2 is 1.68 bits per heavy atom. The first-order valence-corrected chi connectivity index (χ1v) is 10.8. The molecule has 2 aliphatic heterocycles. The van der Waals surface area contributed by atoms with E-state index in [0.717, 1.165) is 37.3 Å². The van der Waals surface area contributed by atoms with Gasteiger partial charge >= 0.3 is 0 Å². The van der Waals surface area contributed by atoms with Crippen LogP contribution in [0, 0.1) is 6.92 Å². The Kier molecular flexibility index (Phi) is 6.03. The van der Waals surface area contributed by atoms with E-state index in [1.807, 2.05) is 4.90 Å². The highest BCUT2D eigenvalue weighted by atomic mass is 35.5. The molecule has 0 radical (unpaired) electrons. The first kappa shape index (κ1) is 21.4. The largest absolute Gasteiger partial charge is 0.350 e. The Bertz CT molecular complexity index is 1110. The van der Waals surface area contributed by atoms with Crippen LogP contribution < -0.4 is 10.2 Å². The molecule has 4 rings (SSSR count). The number of hydrogen-bond acceptors (Lipinski definition) is 4. The predicted molar refractivity (Wildman–Crippen MR) is 121 cm³/mol. The standard InChI is InChI=1S/C23H21Cl2N3O3/c1-14-17(24)9-6-10-18(14)28-22(30)19(25)20(23(28)31)26-16-8-5-7-15(13-16)21(29)27-11-3-2-4-12-27/h5-10,13,26H,2-4,11-12H2,1H3. The van der Waals surface area contributed by atoms with Gasteiger partial charge in [-0.2, -0.15) is 0 Å². The number of nitrogens with zero attached hydrogens (tertiary/aromatic N) is 2.